The Hall–Kier alpha value is -3.65. The molecule has 186 valence electrons. The fraction of sp³-hybridized carbons (Fsp3) is 0.370. The quantitative estimate of drug-likeness (QED) is 0.444. The van der Waals surface area contributed by atoms with Crippen LogP contribution in [0.2, 0.25) is 0 Å². The van der Waals surface area contributed by atoms with Gasteiger partial charge in [-0.05, 0) is 62.6 Å². The Morgan fingerprint density at radius 2 is 1.80 bits per heavy atom. The summed E-state index contributed by atoms with van der Waals surface area (Å²) in [5.41, 5.74) is 5.42. The van der Waals surface area contributed by atoms with E-state index in [9.17, 15) is 9.59 Å². The molecular weight excluding hydrogens is 446 g/mol. The summed E-state index contributed by atoms with van der Waals surface area (Å²) in [5, 5.41) is 6.85. The standard InChI is InChI=1S/C27H33N3O5/c1-18-7-6-8-25(19(18)2)28-26(31)16-30(13-14-33-5)27(32)15-22-9-11-23(12-10-22)34-17-24-20(3)29-35-21(24)4/h6-12H,13-17H2,1-5H3,(H,28,31). The van der Waals surface area contributed by atoms with Crippen molar-refractivity contribution in [2.75, 3.05) is 32.1 Å². The Bertz CT molecular complexity index is 1130. The van der Waals surface area contributed by atoms with Crippen LogP contribution in [0.15, 0.2) is 47.0 Å². The summed E-state index contributed by atoms with van der Waals surface area (Å²) >= 11 is 0. The van der Waals surface area contributed by atoms with Crippen LogP contribution in [0.25, 0.3) is 0 Å². The minimum atomic E-state index is -0.244. The van der Waals surface area contributed by atoms with Crippen LogP contribution in [0.5, 0.6) is 5.75 Å². The monoisotopic (exact) mass is 479 g/mol. The maximum Gasteiger partial charge on any atom is 0.244 e. The molecule has 0 unspecified atom stereocenters. The van der Waals surface area contributed by atoms with Gasteiger partial charge in [0.1, 0.15) is 18.1 Å². The number of nitrogens with zero attached hydrogens (tertiary/aromatic N) is 2. The van der Waals surface area contributed by atoms with E-state index in [2.05, 4.69) is 10.5 Å². The van der Waals surface area contributed by atoms with Gasteiger partial charge in [0.25, 0.3) is 0 Å². The van der Waals surface area contributed by atoms with Crippen molar-refractivity contribution in [3.8, 4) is 5.75 Å². The van der Waals surface area contributed by atoms with Crippen molar-refractivity contribution in [3.63, 3.8) is 0 Å². The summed E-state index contributed by atoms with van der Waals surface area (Å²) in [6.07, 6.45) is 0.171. The fourth-order valence-corrected chi connectivity index (χ4v) is 3.60. The number of nitrogens with one attached hydrogen (secondary N) is 1. The predicted octanol–water partition coefficient (Wildman–Crippen LogP) is 4.14. The van der Waals surface area contributed by atoms with Gasteiger partial charge >= 0.3 is 0 Å². The number of benzene rings is 2. The molecule has 0 fully saturated rings. The van der Waals surface area contributed by atoms with Gasteiger partial charge in [-0.2, -0.15) is 0 Å². The highest BCUT2D eigenvalue weighted by Crippen LogP contribution is 2.19. The van der Waals surface area contributed by atoms with E-state index in [-0.39, 0.29) is 24.8 Å². The molecule has 0 aliphatic carbocycles. The number of carbonyl (C=O) groups is 2. The number of aryl methyl sites for hydroxylation is 3. The third-order valence-electron chi connectivity index (χ3n) is 5.97. The van der Waals surface area contributed by atoms with E-state index in [1.165, 1.54) is 4.90 Å². The summed E-state index contributed by atoms with van der Waals surface area (Å²) in [4.78, 5) is 27.2. The Morgan fingerprint density at radius 3 is 2.46 bits per heavy atom. The lowest BCUT2D eigenvalue weighted by molar-refractivity contribution is -0.134. The number of carbonyl (C=O) groups excluding carboxylic acids is 2. The van der Waals surface area contributed by atoms with Crippen molar-refractivity contribution in [2.24, 2.45) is 0 Å². The third-order valence-corrected chi connectivity index (χ3v) is 5.97. The topological polar surface area (TPSA) is 93.9 Å². The van der Waals surface area contributed by atoms with Crippen molar-refractivity contribution < 1.29 is 23.6 Å². The van der Waals surface area contributed by atoms with Crippen molar-refractivity contribution in [2.45, 2.75) is 40.7 Å². The number of methoxy groups -OCH3 is 1. The Balaban J connectivity index is 1.58. The van der Waals surface area contributed by atoms with E-state index in [1.807, 2.05) is 70.2 Å². The zero-order valence-corrected chi connectivity index (χ0v) is 21.0. The molecular formula is C27H33N3O5. The first kappa shape index (κ1) is 26.0. The van der Waals surface area contributed by atoms with E-state index in [0.717, 1.165) is 39.4 Å². The minimum Gasteiger partial charge on any atom is -0.489 e. The number of rotatable bonds is 11. The van der Waals surface area contributed by atoms with E-state index < -0.39 is 0 Å². The van der Waals surface area contributed by atoms with Crippen LogP contribution < -0.4 is 10.1 Å². The van der Waals surface area contributed by atoms with Crippen molar-refractivity contribution >= 4 is 17.5 Å². The smallest absolute Gasteiger partial charge is 0.244 e. The van der Waals surface area contributed by atoms with Gasteiger partial charge < -0.3 is 24.2 Å². The summed E-state index contributed by atoms with van der Waals surface area (Å²) in [6.45, 7) is 8.67. The molecule has 1 N–H and O–H groups in total. The highest BCUT2D eigenvalue weighted by Gasteiger charge is 2.18. The highest BCUT2D eigenvalue weighted by molar-refractivity contribution is 5.95. The Kier molecular flexibility index (Phi) is 9.03. The molecule has 0 aliphatic heterocycles. The summed E-state index contributed by atoms with van der Waals surface area (Å²) in [6, 6.07) is 13.1. The molecule has 8 nitrogen and oxygen atoms in total. The number of aromatic nitrogens is 1. The van der Waals surface area contributed by atoms with Gasteiger partial charge in [-0.1, -0.05) is 29.4 Å². The molecule has 0 bridgehead atoms. The molecule has 1 aromatic heterocycles. The molecule has 0 atom stereocenters. The van der Waals surface area contributed by atoms with E-state index >= 15 is 0 Å². The summed E-state index contributed by atoms with van der Waals surface area (Å²) in [7, 11) is 1.57. The lowest BCUT2D eigenvalue weighted by Crippen LogP contribution is -2.40. The molecule has 35 heavy (non-hydrogen) atoms. The number of amides is 2. The van der Waals surface area contributed by atoms with Crippen LogP contribution in [0.4, 0.5) is 5.69 Å². The summed E-state index contributed by atoms with van der Waals surface area (Å²) in [5.74, 6) is 1.03. The van der Waals surface area contributed by atoms with Crippen LogP contribution in [-0.2, 0) is 27.4 Å². The molecule has 2 amide bonds. The second-order valence-electron chi connectivity index (χ2n) is 8.52. The molecule has 3 rings (SSSR count). The Labute approximate surface area is 206 Å². The number of hydrogen-bond donors (Lipinski definition) is 1. The van der Waals surface area contributed by atoms with Crippen molar-refractivity contribution in [1.29, 1.82) is 0 Å². The van der Waals surface area contributed by atoms with Gasteiger partial charge in [0.2, 0.25) is 11.8 Å². The zero-order chi connectivity index (χ0) is 25.4. The molecule has 1 heterocycles. The first-order valence-electron chi connectivity index (χ1n) is 11.5. The van der Waals surface area contributed by atoms with Crippen LogP contribution in [0.1, 0.15) is 33.7 Å². The van der Waals surface area contributed by atoms with Crippen molar-refractivity contribution in [1.82, 2.24) is 10.1 Å². The van der Waals surface area contributed by atoms with Crippen LogP contribution >= 0.6 is 0 Å². The largest absolute Gasteiger partial charge is 0.489 e. The lowest BCUT2D eigenvalue weighted by atomic mass is 10.1. The first-order valence-corrected chi connectivity index (χ1v) is 11.5. The van der Waals surface area contributed by atoms with Crippen LogP contribution in [-0.4, -0.2) is 48.7 Å². The molecule has 2 aromatic carbocycles. The van der Waals surface area contributed by atoms with Gasteiger partial charge in [0.15, 0.2) is 0 Å². The molecule has 0 aliphatic rings. The van der Waals surface area contributed by atoms with Gasteiger partial charge in [-0.15, -0.1) is 0 Å². The Morgan fingerprint density at radius 1 is 1.06 bits per heavy atom. The number of ether oxygens (including phenoxy) is 2. The number of anilines is 1. The number of hydrogen-bond acceptors (Lipinski definition) is 6. The van der Waals surface area contributed by atoms with Gasteiger partial charge in [0, 0.05) is 19.3 Å². The normalized spacial score (nSPS) is 10.8. The summed E-state index contributed by atoms with van der Waals surface area (Å²) < 4.78 is 16.1. The first-order chi connectivity index (χ1) is 16.8. The van der Waals surface area contributed by atoms with E-state index in [1.54, 1.807) is 7.11 Å². The lowest BCUT2D eigenvalue weighted by Gasteiger charge is -2.22. The third kappa shape index (κ3) is 7.16. The maximum absolute atomic E-state index is 13.0. The molecule has 0 saturated carbocycles. The van der Waals surface area contributed by atoms with Crippen LogP contribution in [0.3, 0.4) is 0 Å². The molecule has 3 aromatic rings. The predicted molar refractivity (Wildman–Crippen MR) is 133 cm³/mol. The molecule has 0 saturated heterocycles. The maximum atomic E-state index is 13.0. The van der Waals surface area contributed by atoms with E-state index in [4.69, 9.17) is 14.0 Å². The minimum absolute atomic E-state index is 0.0474. The average molecular weight is 480 g/mol. The molecule has 0 radical (unpaired) electrons. The second-order valence-corrected chi connectivity index (χ2v) is 8.52. The zero-order valence-electron chi connectivity index (χ0n) is 21.0. The highest BCUT2D eigenvalue weighted by atomic mass is 16.5. The second kappa shape index (κ2) is 12.2. The van der Waals surface area contributed by atoms with Gasteiger partial charge in [0.05, 0.1) is 30.8 Å². The SMILES string of the molecule is COCCN(CC(=O)Nc1cccc(C)c1C)C(=O)Cc1ccc(OCc2c(C)noc2C)cc1. The van der Waals surface area contributed by atoms with Crippen molar-refractivity contribution in [3.05, 3.63) is 76.2 Å². The molecule has 8 heteroatoms. The van der Waals surface area contributed by atoms with Gasteiger partial charge in [-0.3, -0.25) is 9.59 Å². The van der Waals surface area contributed by atoms with Crippen LogP contribution in [0, 0.1) is 27.7 Å². The average Bonchev–Trinajstić information content (AvgIpc) is 3.16. The molecule has 0 spiro atoms. The fourth-order valence-electron chi connectivity index (χ4n) is 3.60. The van der Waals surface area contributed by atoms with E-state index in [0.29, 0.717) is 25.5 Å². The van der Waals surface area contributed by atoms with Gasteiger partial charge in [-0.25, -0.2) is 0 Å².